The molecule has 0 amide bonds. The summed E-state index contributed by atoms with van der Waals surface area (Å²) in [5.41, 5.74) is 7.74. The molecule has 1 unspecified atom stereocenters. The summed E-state index contributed by atoms with van der Waals surface area (Å²) in [6.07, 6.45) is -0.320. The lowest BCUT2D eigenvalue weighted by Gasteiger charge is -2.25. The van der Waals surface area contributed by atoms with Gasteiger partial charge in [0.2, 0.25) is 5.96 Å². The molecule has 1 N–H and O–H groups in total. The van der Waals surface area contributed by atoms with E-state index in [1.165, 1.54) is 48.7 Å². The lowest BCUT2D eigenvalue weighted by molar-refractivity contribution is 0.661. The molecule has 0 fully saturated rings. The summed E-state index contributed by atoms with van der Waals surface area (Å²) in [5, 5.41) is 13.4. The van der Waals surface area contributed by atoms with Crippen LogP contribution in [0, 0.1) is 0 Å². The topological polar surface area (TPSA) is 46.6 Å². The number of hydrogen-bond acceptors (Lipinski definition) is 3. The molecule has 2 aromatic heterocycles. The SMILES string of the molecule is c1ccc(C2N=C(c3ccc4ccccc4c3)N=C(n3c4ccccc4c4cc5c(cc43)c3c4ccccc4ccc3n5-c3ccccc3)N2)cc1. The van der Waals surface area contributed by atoms with Crippen LogP contribution in [-0.2, 0) is 0 Å². The molecule has 1 aliphatic rings. The zero-order valence-electron chi connectivity index (χ0n) is 28.1. The fraction of sp³-hybridized carbons (Fsp3) is 0.0213. The van der Waals surface area contributed by atoms with E-state index in [1.807, 2.05) is 6.07 Å². The number of fused-ring (bicyclic) bond motifs is 9. The summed E-state index contributed by atoms with van der Waals surface area (Å²) < 4.78 is 4.71. The van der Waals surface area contributed by atoms with Gasteiger partial charge in [-0.2, -0.15) is 4.99 Å². The third-order valence-electron chi connectivity index (χ3n) is 10.5. The highest BCUT2D eigenvalue weighted by molar-refractivity contribution is 6.26. The average Bonchev–Trinajstić information content (AvgIpc) is 3.72. The highest BCUT2D eigenvalue weighted by Gasteiger charge is 2.25. The number of benzene rings is 8. The van der Waals surface area contributed by atoms with Gasteiger partial charge in [-0.3, -0.25) is 4.57 Å². The molecule has 0 spiro atoms. The Labute approximate surface area is 299 Å². The van der Waals surface area contributed by atoms with Gasteiger partial charge in [0, 0.05) is 32.8 Å². The number of hydrogen-bond donors (Lipinski definition) is 1. The Kier molecular flexibility index (Phi) is 6.25. The van der Waals surface area contributed by atoms with E-state index in [2.05, 4.69) is 184 Å². The third kappa shape index (κ3) is 4.36. The van der Waals surface area contributed by atoms with Crippen LogP contribution in [0.1, 0.15) is 17.3 Å². The molecule has 1 atom stereocenters. The van der Waals surface area contributed by atoms with Crippen molar-refractivity contribution in [3.05, 3.63) is 187 Å². The van der Waals surface area contributed by atoms with E-state index in [0.29, 0.717) is 5.84 Å². The van der Waals surface area contributed by atoms with Crippen LogP contribution < -0.4 is 5.32 Å². The molecule has 52 heavy (non-hydrogen) atoms. The van der Waals surface area contributed by atoms with Gasteiger partial charge in [0.1, 0.15) is 6.17 Å². The lowest BCUT2D eigenvalue weighted by atomic mass is 10.0. The fourth-order valence-corrected chi connectivity index (χ4v) is 8.15. The Morgan fingerprint density at radius 2 is 1.10 bits per heavy atom. The van der Waals surface area contributed by atoms with E-state index >= 15 is 0 Å². The van der Waals surface area contributed by atoms with Gasteiger partial charge in [-0.1, -0.05) is 133 Å². The second-order valence-corrected chi connectivity index (χ2v) is 13.5. The number of amidine groups is 1. The van der Waals surface area contributed by atoms with Crippen LogP contribution in [0.5, 0.6) is 0 Å². The summed E-state index contributed by atoms with van der Waals surface area (Å²) in [6, 6.07) is 62.7. The Morgan fingerprint density at radius 1 is 0.442 bits per heavy atom. The van der Waals surface area contributed by atoms with Crippen LogP contribution in [0.25, 0.3) is 70.8 Å². The zero-order chi connectivity index (χ0) is 34.2. The first-order chi connectivity index (χ1) is 25.8. The van der Waals surface area contributed by atoms with Gasteiger partial charge >= 0.3 is 0 Å². The Balaban J connectivity index is 1.22. The minimum Gasteiger partial charge on any atom is -0.330 e. The molecule has 0 saturated carbocycles. The van der Waals surface area contributed by atoms with Gasteiger partial charge in [-0.25, -0.2) is 4.99 Å². The normalized spacial score (nSPS) is 14.7. The number of nitrogens with one attached hydrogen (secondary N) is 1. The molecule has 244 valence electrons. The minimum atomic E-state index is -0.320. The van der Waals surface area contributed by atoms with Gasteiger partial charge in [0.25, 0.3) is 0 Å². The van der Waals surface area contributed by atoms with Crippen LogP contribution in [0.3, 0.4) is 0 Å². The fourth-order valence-electron chi connectivity index (χ4n) is 8.15. The molecule has 0 aliphatic carbocycles. The van der Waals surface area contributed by atoms with Crippen LogP contribution in [-0.4, -0.2) is 20.9 Å². The van der Waals surface area contributed by atoms with E-state index in [-0.39, 0.29) is 6.17 Å². The second kappa shape index (κ2) is 11.3. The van der Waals surface area contributed by atoms with E-state index in [4.69, 9.17) is 9.98 Å². The van der Waals surface area contributed by atoms with Crippen molar-refractivity contribution in [2.24, 2.45) is 9.98 Å². The predicted molar refractivity (Wildman–Crippen MR) is 217 cm³/mol. The number of para-hydroxylation sites is 2. The maximum atomic E-state index is 5.34. The molecule has 3 heterocycles. The number of nitrogens with zero attached hydrogens (tertiary/aromatic N) is 4. The van der Waals surface area contributed by atoms with E-state index in [0.717, 1.165) is 39.2 Å². The van der Waals surface area contributed by atoms with Gasteiger partial charge in [-0.05, 0) is 69.6 Å². The van der Waals surface area contributed by atoms with Gasteiger partial charge in [0.15, 0.2) is 5.84 Å². The quantitative estimate of drug-likeness (QED) is 0.201. The summed E-state index contributed by atoms with van der Waals surface area (Å²) >= 11 is 0. The first kappa shape index (κ1) is 28.8. The van der Waals surface area contributed by atoms with Gasteiger partial charge < -0.3 is 9.88 Å². The van der Waals surface area contributed by atoms with Crippen molar-refractivity contribution in [2.45, 2.75) is 6.17 Å². The van der Waals surface area contributed by atoms with Gasteiger partial charge in [0.05, 0.1) is 22.1 Å². The molecule has 0 bridgehead atoms. The van der Waals surface area contributed by atoms with Crippen molar-refractivity contribution in [3.63, 3.8) is 0 Å². The van der Waals surface area contributed by atoms with Crippen molar-refractivity contribution in [3.8, 4) is 5.69 Å². The van der Waals surface area contributed by atoms with E-state index in [9.17, 15) is 0 Å². The van der Waals surface area contributed by atoms with Crippen molar-refractivity contribution >= 4 is 77.0 Å². The van der Waals surface area contributed by atoms with Crippen LogP contribution in [0.4, 0.5) is 0 Å². The molecular weight excluding hydrogens is 635 g/mol. The standard InChI is InChI=1S/C47H31N5/c1-3-15-32(16-4-1)45-48-46(34-24-23-30-13-7-8-17-33(30)27-34)50-47(49-45)52-40-22-12-11-21-37(40)38-28-43-39(29-42(38)52)44-36-20-10-9-14-31(36)25-26-41(44)51(43)35-18-5-2-6-19-35/h1-29,45H,(H,48,49,50). The first-order valence-electron chi connectivity index (χ1n) is 17.7. The lowest BCUT2D eigenvalue weighted by Crippen LogP contribution is -2.37. The molecule has 0 radical (unpaired) electrons. The molecule has 0 saturated heterocycles. The Morgan fingerprint density at radius 3 is 1.94 bits per heavy atom. The molecule has 10 aromatic rings. The third-order valence-corrected chi connectivity index (χ3v) is 10.5. The van der Waals surface area contributed by atoms with E-state index < -0.39 is 0 Å². The van der Waals surface area contributed by atoms with Crippen LogP contribution >= 0.6 is 0 Å². The number of rotatable bonds is 3. The Bertz CT molecular complexity index is 3090. The minimum absolute atomic E-state index is 0.320. The van der Waals surface area contributed by atoms with E-state index in [1.54, 1.807) is 0 Å². The molecule has 11 rings (SSSR count). The molecule has 5 nitrogen and oxygen atoms in total. The van der Waals surface area contributed by atoms with Crippen LogP contribution in [0.2, 0.25) is 0 Å². The Hall–Kier alpha value is -6.98. The van der Waals surface area contributed by atoms with Crippen molar-refractivity contribution in [1.82, 2.24) is 14.5 Å². The maximum Gasteiger partial charge on any atom is 0.211 e. The van der Waals surface area contributed by atoms with Gasteiger partial charge in [-0.15, -0.1) is 0 Å². The summed E-state index contributed by atoms with van der Waals surface area (Å²) in [4.78, 5) is 10.5. The second-order valence-electron chi connectivity index (χ2n) is 13.5. The van der Waals surface area contributed by atoms with Crippen molar-refractivity contribution in [1.29, 1.82) is 0 Å². The summed E-state index contributed by atoms with van der Waals surface area (Å²) in [6.45, 7) is 0. The van der Waals surface area contributed by atoms with Crippen LogP contribution in [0.15, 0.2) is 186 Å². The molecule has 1 aliphatic heterocycles. The predicted octanol–water partition coefficient (Wildman–Crippen LogP) is 11.2. The largest absolute Gasteiger partial charge is 0.330 e. The smallest absolute Gasteiger partial charge is 0.211 e. The highest BCUT2D eigenvalue weighted by atomic mass is 15.3. The maximum absolute atomic E-state index is 5.34. The highest BCUT2D eigenvalue weighted by Crippen LogP contribution is 2.41. The summed E-state index contributed by atoms with van der Waals surface area (Å²) in [7, 11) is 0. The monoisotopic (exact) mass is 665 g/mol. The average molecular weight is 666 g/mol. The summed E-state index contributed by atoms with van der Waals surface area (Å²) in [5.74, 6) is 1.45. The van der Waals surface area contributed by atoms with Crippen molar-refractivity contribution in [2.75, 3.05) is 0 Å². The first-order valence-corrected chi connectivity index (χ1v) is 17.7. The van der Waals surface area contributed by atoms with Crippen molar-refractivity contribution < 1.29 is 0 Å². The number of aliphatic imine (C=N–C) groups is 2. The number of aromatic nitrogens is 2. The molecular formula is C47H31N5. The zero-order valence-corrected chi connectivity index (χ0v) is 28.1. The molecule has 5 heteroatoms. The molecule has 8 aromatic carbocycles.